The minimum absolute atomic E-state index is 0.654. The maximum absolute atomic E-state index is 4.19. The van der Waals surface area contributed by atoms with Crippen LogP contribution in [0.25, 0.3) is 0 Å². The van der Waals surface area contributed by atoms with Crippen LogP contribution in [0.4, 0.5) is 0 Å². The largest absolute Gasteiger partial charge is 0.312 e. The molecule has 4 heteroatoms. The van der Waals surface area contributed by atoms with Crippen molar-refractivity contribution in [2.45, 2.75) is 25.9 Å². The molecule has 0 aromatic carbocycles. The van der Waals surface area contributed by atoms with Gasteiger partial charge in [0, 0.05) is 37.9 Å². The second-order valence-electron chi connectivity index (χ2n) is 5.05. The average molecular weight is 222 g/mol. The number of likely N-dealkylation sites (N-methyl/N-ethyl adjacent to an activating group) is 1. The van der Waals surface area contributed by atoms with Crippen LogP contribution in [0.3, 0.4) is 0 Å². The predicted molar refractivity (Wildman–Crippen MR) is 65.1 cm³/mol. The van der Waals surface area contributed by atoms with Gasteiger partial charge in [0.1, 0.15) is 0 Å². The van der Waals surface area contributed by atoms with E-state index in [2.05, 4.69) is 35.5 Å². The van der Waals surface area contributed by atoms with E-state index in [4.69, 9.17) is 0 Å². The first-order chi connectivity index (χ1) is 7.65. The first-order valence-electron chi connectivity index (χ1n) is 6.04. The van der Waals surface area contributed by atoms with Crippen LogP contribution in [0.1, 0.15) is 18.9 Å². The van der Waals surface area contributed by atoms with Gasteiger partial charge in [0.05, 0.1) is 6.20 Å². The minimum Gasteiger partial charge on any atom is -0.312 e. The lowest BCUT2D eigenvalue weighted by Crippen LogP contribution is -2.37. The standard InChI is InChI=1S/C12H22N4/c1-10-4-5-13-12(10)9-15(2)7-11-6-14-16(3)8-11/h6,8,10,12-13H,4-5,7,9H2,1-3H3. The van der Waals surface area contributed by atoms with Crippen molar-refractivity contribution in [1.82, 2.24) is 20.0 Å². The van der Waals surface area contributed by atoms with Gasteiger partial charge in [-0.05, 0) is 25.9 Å². The number of hydrogen-bond acceptors (Lipinski definition) is 3. The third-order valence-corrected chi connectivity index (χ3v) is 3.41. The number of aryl methyl sites for hydroxylation is 1. The molecule has 2 rings (SSSR count). The molecule has 90 valence electrons. The lowest BCUT2D eigenvalue weighted by molar-refractivity contribution is 0.271. The average Bonchev–Trinajstić information content (AvgIpc) is 2.77. The zero-order chi connectivity index (χ0) is 11.5. The molecule has 0 aliphatic carbocycles. The Hall–Kier alpha value is -0.870. The quantitative estimate of drug-likeness (QED) is 0.820. The van der Waals surface area contributed by atoms with Crippen LogP contribution in [0.2, 0.25) is 0 Å². The smallest absolute Gasteiger partial charge is 0.0534 e. The Morgan fingerprint density at radius 3 is 3.00 bits per heavy atom. The van der Waals surface area contributed by atoms with Crippen LogP contribution in [-0.2, 0) is 13.6 Å². The molecule has 0 bridgehead atoms. The molecule has 2 heterocycles. The van der Waals surface area contributed by atoms with Gasteiger partial charge in [-0.2, -0.15) is 5.10 Å². The number of hydrogen-bond donors (Lipinski definition) is 1. The zero-order valence-corrected chi connectivity index (χ0v) is 10.5. The Morgan fingerprint density at radius 1 is 1.62 bits per heavy atom. The summed E-state index contributed by atoms with van der Waals surface area (Å²) < 4.78 is 1.86. The van der Waals surface area contributed by atoms with E-state index in [1.165, 1.54) is 18.5 Å². The third-order valence-electron chi connectivity index (χ3n) is 3.41. The van der Waals surface area contributed by atoms with E-state index in [1.54, 1.807) is 0 Å². The second-order valence-corrected chi connectivity index (χ2v) is 5.05. The topological polar surface area (TPSA) is 33.1 Å². The molecule has 1 aliphatic heterocycles. The molecule has 0 radical (unpaired) electrons. The molecule has 1 aromatic rings. The molecule has 1 aromatic heterocycles. The first kappa shape index (κ1) is 11.6. The van der Waals surface area contributed by atoms with Gasteiger partial charge in [-0.25, -0.2) is 0 Å². The summed E-state index contributed by atoms with van der Waals surface area (Å²) in [6, 6.07) is 0.654. The maximum Gasteiger partial charge on any atom is 0.0534 e. The van der Waals surface area contributed by atoms with Gasteiger partial charge in [0.25, 0.3) is 0 Å². The van der Waals surface area contributed by atoms with E-state index >= 15 is 0 Å². The monoisotopic (exact) mass is 222 g/mol. The van der Waals surface area contributed by atoms with Crippen LogP contribution in [0.15, 0.2) is 12.4 Å². The molecule has 1 saturated heterocycles. The maximum atomic E-state index is 4.19. The fourth-order valence-corrected chi connectivity index (χ4v) is 2.41. The predicted octanol–water partition coefficient (Wildman–Crippen LogP) is 0.850. The molecule has 2 unspecified atom stereocenters. The van der Waals surface area contributed by atoms with Crippen LogP contribution in [0, 0.1) is 5.92 Å². The Labute approximate surface area is 97.6 Å². The van der Waals surface area contributed by atoms with E-state index in [9.17, 15) is 0 Å². The van der Waals surface area contributed by atoms with Gasteiger partial charge in [-0.3, -0.25) is 4.68 Å². The van der Waals surface area contributed by atoms with Gasteiger partial charge in [0.15, 0.2) is 0 Å². The molecule has 0 saturated carbocycles. The first-order valence-corrected chi connectivity index (χ1v) is 6.04. The summed E-state index contributed by atoms with van der Waals surface area (Å²) >= 11 is 0. The van der Waals surface area contributed by atoms with Crippen LogP contribution >= 0.6 is 0 Å². The molecule has 16 heavy (non-hydrogen) atoms. The highest BCUT2D eigenvalue weighted by atomic mass is 15.2. The number of nitrogens with one attached hydrogen (secondary N) is 1. The molecular formula is C12H22N4. The van der Waals surface area contributed by atoms with Crippen LogP contribution < -0.4 is 5.32 Å². The van der Waals surface area contributed by atoms with Crippen molar-refractivity contribution in [2.24, 2.45) is 13.0 Å². The SMILES string of the molecule is CC1CCNC1CN(C)Cc1cnn(C)c1. The van der Waals surface area contributed by atoms with Gasteiger partial charge in [-0.15, -0.1) is 0 Å². The molecule has 1 aliphatic rings. The van der Waals surface area contributed by atoms with Gasteiger partial charge in [0.2, 0.25) is 0 Å². The summed E-state index contributed by atoms with van der Waals surface area (Å²) in [7, 11) is 4.14. The normalized spacial score (nSPS) is 25.5. The summed E-state index contributed by atoms with van der Waals surface area (Å²) in [5.74, 6) is 0.802. The summed E-state index contributed by atoms with van der Waals surface area (Å²) in [6.07, 6.45) is 5.34. The fraction of sp³-hybridized carbons (Fsp3) is 0.750. The molecule has 4 nitrogen and oxygen atoms in total. The highest BCUT2D eigenvalue weighted by Gasteiger charge is 2.23. The van der Waals surface area contributed by atoms with E-state index in [1.807, 2.05) is 17.9 Å². The van der Waals surface area contributed by atoms with Gasteiger partial charge < -0.3 is 10.2 Å². The Balaban J connectivity index is 1.82. The van der Waals surface area contributed by atoms with Crippen molar-refractivity contribution >= 4 is 0 Å². The van der Waals surface area contributed by atoms with Crippen molar-refractivity contribution in [2.75, 3.05) is 20.1 Å². The highest BCUT2D eigenvalue weighted by Crippen LogP contribution is 2.15. The van der Waals surface area contributed by atoms with Crippen LogP contribution in [0.5, 0.6) is 0 Å². The Morgan fingerprint density at radius 2 is 2.44 bits per heavy atom. The molecular weight excluding hydrogens is 200 g/mol. The Bertz CT molecular complexity index is 334. The molecule has 0 spiro atoms. The minimum atomic E-state index is 0.654. The van der Waals surface area contributed by atoms with Crippen molar-refractivity contribution < 1.29 is 0 Å². The van der Waals surface area contributed by atoms with Crippen molar-refractivity contribution in [3.8, 4) is 0 Å². The van der Waals surface area contributed by atoms with E-state index in [0.29, 0.717) is 6.04 Å². The van der Waals surface area contributed by atoms with Crippen LogP contribution in [-0.4, -0.2) is 40.9 Å². The molecule has 0 amide bonds. The third kappa shape index (κ3) is 2.83. The number of nitrogens with zero attached hydrogens (tertiary/aromatic N) is 3. The second kappa shape index (κ2) is 4.97. The summed E-state index contributed by atoms with van der Waals surface area (Å²) in [5.41, 5.74) is 1.29. The van der Waals surface area contributed by atoms with E-state index in [0.717, 1.165) is 19.0 Å². The van der Waals surface area contributed by atoms with Crippen molar-refractivity contribution in [1.29, 1.82) is 0 Å². The van der Waals surface area contributed by atoms with Gasteiger partial charge >= 0.3 is 0 Å². The fourth-order valence-electron chi connectivity index (χ4n) is 2.41. The van der Waals surface area contributed by atoms with E-state index in [-0.39, 0.29) is 0 Å². The van der Waals surface area contributed by atoms with Gasteiger partial charge in [-0.1, -0.05) is 6.92 Å². The summed E-state index contributed by atoms with van der Waals surface area (Å²) in [4.78, 5) is 2.37. The lowest BCUT2D eigenvalue weighted by atomic mass is 10.0. The van der Waals surface area contributed by atoms with E-state index < -0.39 is 0 Å². The molecule has 2 atom stereocenters. The number of aromatic nitrogens is 2. The zero-order valence-electron chi connectivity index (χ0n) is 10.5. The molecule has 1 fully saturated rings. The lowest BCUT2D eigenvalue weighted by Gasteiger charge is -2.23. The van der Waals surface area contributed by atoms with Crippen molar-refractivity contribution in [3.05, 3.63) is 18.0 Å². The highest BCUT2D eigenvalue weighted by molar-refractivity contribution is 5.03. The summed E-state index contributed by atoms with van der Waals surface area (Å²) in [5, 5.41) is 7.76. The Kier molecular flexibility index (Phi) is 3.61. The molecule has 1 N–H and O–H groups in total. The number of rotatable bonds is 4. The summed E-state index contributed by atoms with van der Waals surface area (Å²) in [6.45, 7) is 5.62. The van der Waals surface area contributed by atoms with Crippen molar-refractivity contribution in [3.63, 3.8) is 0 Å².